The Balaban J connectivity index is 1.62. The zero-order valence-corrected chi connectivity index (χ0v) is 12.9. The molecule has 1 aromatic rings. The zero-order valence-electron chi connectivity index (χ0n) is 12.9. The summed E-state index contributed by atoms with van der Waals surface area (Å²) in [6.45, 7) is 4.11. The summed E-state index contributed by atoms with van der Waals surface area (Å²) < 4.78 is 17.9. The van der Waals surface area contributed by atoms with E-state index in [-0.39, 0.29) is 0 Å². The maximum atomic E-state index is 6.29. The average Bonchev–Trinajstić information content (AvgIpc) is 3.18. The molecule has 3 aliphatic rings. The van der Waals surface area contributed by atoms with Crippen molar-refractivity contribution in [3.63, 3.8) is 0 Å². The van der Waals surface area contributed by atoms with E-state index in [4.69, 9.17) is 14.2 Å². The van der Waals surface area contributed by atoms with Crippen molar-refractivity contribution in [2.24, 2.45) is 0 Å². The van der Waals surface area contributed by atoms with E-state index >= 15 is 0 Å². The molecule has 4 rings (SSSR count). The lowest BCUT2D eigenvalue weighted by molar-refractivity contribution is -0.261. The normalized spacial score (nSPS) is 34.4. The van der Waals surface area contributed by atoms with Crippen LogP contribution >= 0.6 is 0 Å². The van der Waals surface area contributed by atoms with E-state index in [0.29, 0.717) is 25.9 Å². The number of hydrogen-bond donors (Lipinski definition) is 0. The van der Waals surface area contributed by atoms with Crippen LogP contribution in [0.2, 0.25) is 0 Å². The second-order valence-corrected chi connectivity index (χ2v) is 6.33. The highest BCUT2D eigenvalue weighted by Gasteiger charge is 2.49. The molecule has 0 bridgehead atoms. The van der Waals surface area contributed by atoms with Gasteiger partial charge < -0.3 is 14.2 Å². The summed E-state index contributed by atoms with van der Waals surface area (Å²) in [7, 11) is 0. The van der Waals surface area contributed by atoms with Crippen LogP contribution in [0.25, 0.3) is 6.08 Å². The average molecular weight is 301 g/mol. The Bertz CT molecular complexity index is 531. The summed E-state index contributed by atoms with van der Waals surface area (Å²) in [6.07, 6.45) is 5.58. The third-order valence-corrected chi connectivity index (χ3v) is 4.74. The van der Waals surface area contributed by atoms with Crippen LogP contribution in [0.4, 0.5) is 0 Å². The molecule has 0 radical (unpaired) electrons. The van der Waals surface area contributed by atoms with Gasteiger partial charge in [0, 0.05) is 6.42 Å². The SMILES string of the molecule is C(=C1/O[C@]2(COCCO2)C[C@H]1N1CCCC1)/c1ccccc1. The van der Waals surface area contributed by atoms with Crippen LogP contribution in [0.5, 0.6) is 0 Å². The van der Waals surface area contributed by atoms with E-state index in [1.807, 2.05) is 6.07 Å². The molecule has 3 aliphatic heterocycles. The lowest BCUT2D eigenvalue weighted by atomic mass is 10.1. The van der Waals surface area contributed by atoms with Crippen molar-refractivity contribution in [1.82, 2.24) is 4.90 Å². The summed E-state index contributed by atoms with van der Waals surface area (Å²) in [5, 5.41) is 0. The first-order valence-corrected chi connectivity index (χ1v) is 8.26. The standard InChI is InChI=1S/C18H23NO3/c1-2-6-15(7-3-1)12-17-16(19-8-4-5-9-19)13-18(22-17)14-20-10-11-21-18/h1-3,6-7,12,16H,4-5,8-11,13-14H2/b17-12-/t16-,18+/m1/s1. The smallest absolute Gasteiger partial charge is 0.235 e. The van der Waals surface area contributed by atoms with Crippen LogP contribution in [0, 0.1) is 0 Å². The topological polar surface area (TPSA) is 30.9 Å². The third-order valence-electron chi connectivity index (χ3n) is 4.74. The van der Waals surface area contributed by atoms with Gasteiger partial charge in [-0.05, 0) is 37.6 Å². The van der Waals surface area contributed by atoms with Crippen molar-refractivity contribution < 1.29 is 14.2 Å². The van der Waals surface area contributed by atoms with Gasteiger partial charge in [0.05, 0.1) is 19.3 Å². The number of nitrogens with zero attached hydrogens (tertiary/aromatic N) is 1. The maximum Gasteiger partial charge on any atom is 0.235 e. The van der Waals surface area contributed by atoms with E-state index in [1.165, 1.54) is 18.4 Å². The molecule has 0 amide bonds. The molecule has 4 nitrogen and oxygen atoms in total. The number of rotatable bonds is 2. The Morgan fingerprint density at radius 3 is 2.64 bits per heavy atom. The van der Waals surface area contributed by atoms with Gasteiger partial charge in [0.15, 0.2) is 0 Å². The maximum absolute atomic E-state index is 6.29. The van der Waals surface area contributed by atoms with Crippen molar-refractivity contribution in [3.05, 3.63) is 41.7 Å². The molecule has 22 heavy (non-hydrogen) atoms. The summed E-state index contributed by atoms with van der Waals surface area (Å²) in [5.41, 5.74) is 1.18. The molecule has 3 heterocycles. The first-order valence-electron chi connectivity index (χ1n) is 8.26. The van der Waals surface area contributed by atoms with Gasteiger partial charge in [-0.3, -0.25) is 4.90 Å². The lowest BCUT2D eigenvalue weighted by Crippen LogP contribution is -2.44. The molecule has 0 saturated carbocycles. The van der Waals surface area contributed by atoms with Crippen molar-refractivity contribution >= 4 is 6.08 Å². The molecule has 4 heteroatoms. The summed E-state index contributed by atoms with van der Waals surface area (Å²) in [6, 6.07) is 10.7. The molecule has 0 aliphatic carbocycles. The van der Waals surface area contributed by atoms with E-state index in [1.54, 1.807) is 0 Å². The lowest BCUT2D eigenvalue weighted by Gasteiger charge is -2.32. The number of benzene rings is 1. The molecule has 3 fully saturated rings. The van der Waals surface area contributed by atoms with Crippen LogP contribution < -0.4 is 0 Å². The van der Waals surface area contributed by atoms with Gasteiger partial charge >= 0.3 is 0 Å². The summed E-state index contributed by atoms with van der Waals surface area (Å²) in [4.78, 5) is 2.53. The molecule has 0 N–H and O–H groups in total. The fourth-order valence-corrected chi connectivity index (χ4v) is 3.65. The van der Waals surface area contributed by atoms with Crippen LogP contribution in [-0.4, -0.2) is 49.6 Å². The quantitative estimate of drug-likeness (QED) is 0.840. The van der Waals surface area contributed by atoms with Gasteiger partial charge in [-0.15, -0.1) is 0 Å². The predicted molar refractivity (Wildman–Crippen MR) is 84.2 cm³/mol. The van der Waals surface area contributed by atoms with Crippen LogP contribution in [0.15, 0.2) is 36.1 Å². The molecule has 1 spiro atoms. The molecule has 1 aromatic carbocycles. The first-order chi connectivity index (χ1) is 10.8. The minimum Gasteiger partial charge on any atom is -0.462 e. The van der Waals surface area contributed by atoms with Gasteiger partial charge in [-0.25, -0.2) is 0 Å². The first kappa shape index (κ1) is 14.2. The molecule has 2 atom stereocenters. The minimum atomic E-state index is -0.577. The highest BCUT2D eigenvalue weighted by molar-refractivity contribution is 5.53. The fraction of sp³-hybridized carbons (Fsp3) is 0.556. The number of hydrogen-bond acceptors (Lipinski definition) is 4. The Labute approximate surface area is 131 Å². The molecule has 118 valence electrons. The largest absolute Gasteiger partial charge is 0.462 e. The minimum absolute atomic E-state index is 0.310. The highest BCUT2D eigenvalue weighted by atomic mass is 16.7. The van der Waals surface area contributed by atoms with Crippen molar-refractivity contribution in [2.75, 3.05) is 32.9 Å². The zero-order chi connectivity index (χ0) is 14.8. The van der Waals surface area contributed by atoms with E-state index in [0.717, 1.165) is 25.3 Å². The Morgan fingerprint density at radius 2 is 1.91 bits per heavy atom. The molecule has 0 unspecified atom stereocenters. The van der Waals surface area contributed by atoms with Crippen molar-refractivity contribution in [3.8, 4) is 0 Å². The van der Waals surface area contributed by atoms with E-state index in [9.17, 15) is 0 Å². The number of likely N-dealkylation sites (tertiary alicyclic amines) is 1. The molecule has 3 saturated heterocycles. The van der Waals surface area contributed by atoms with Crippen molar-refractivity contribution in [1.29, 1.82) is 0 Å². The fourth-order valence-electron chi connectivity index (χ4n) is 3.65. The monoisotopic (exact) mass is 301 g/mol. The van der Waals surface area contributed by atoms with Gasteiger partial charge in [0.25, 0.3) is 0 Å². The molecule has 0 aromatic heterocycles. The van der Waals surface area contributed by atoms with Gasteiger partial charge in [0.1, 0.15) is 12.4 Å². The number of ether oxygens (including phenoxy) is 3. The van der Waals surface area contributed by atoms with E-state index < -0.39 is 5.79 Å². The second-order valence-electron chi connectivity index (χ2n) is 6.33. The molecular weight excluding hydrogens is 278 g/mol. The van der Waals surface area contributed by atoms with E-state index in [2.05, 4.69) is 35.2 Å². The summed E-state index contributed by atoms with van der Waals surface area (Å²) in [5.74, 6) is 0.449. The molecular formula is C18H23NO3. The van der Waals surface area contributed by atoms with Gasteiger partial charge in [0.2, 0.25) is 5.79 Å². The van der Waals surface area contributed by atoms with Crippen LogP contribution in [0.3, 0.4) is 0 Å². The van der Waals surface area contributed by atoms with Gasteiger partial charge in [-0.1, -0.05) is 30.3 Å². The van der Waals surface area contributed by atoms with Crippen LogP contribution in [-0.2, 0) is 14.2 Å². The van der Waals surface area contributed by atoms with Crippen LogP contribution in [0.1, 0.15) is 24.8 Å². The summed E-state index contributed by atoms with van der Waals surface area (Å²) >= 11 is 0. The third kappa shape index (κ3) is 2.78. The van der Waals surface area contributed by atoms with Crippen molar-refractivity contribution in [2.45, 2.75) is 31.1 Å². The Morgan fingerprint density at radius 1 is 1.09 bits per heavy atom. The predicted octanol–water partition coefficient (Wildman–Crippen LogP) is 2.66. The van der Waals surface area contributed by atoms with Gasteiger partial charge in [-0.2, -0.15) is 0 Å². The Hall–Kier alpha value is -1.36. The highest BCUT2D eigenvalue weighted by Crippen LogP contribution is 2.40. The second kappa shape index (κ2) is 6.03. The Kier molecular flexibility index (Phi) is 3.90.